The van der Waals surface area contributed by atoms with Crippen LogP contribution in [0.3, 0.4) is 0 Å². The molecule has 0 aliphatic rings. The number of carbonyl (C=O) groups excluding carboxylic acids is 1. The molecule has 0 unspecified atom stereocenters. The number of rotatable bonds is 6. The van der Waals surface area contributed by atoms with Crippen molar-refractivity contribution in [1.29, 1.82) is 0 Å². The molecule has 0 aliphatic heterocycles. The predicted molar refractivity (Wildman–Crippen MR) is 98.1 cm³/mol. The third-order valence-corrected chi connectivity index (χ3v) is 4.13. The highest BCUT2D eigenvalue weighted by atomic mass is 16.5. The second kappa shape index (κ2) is 7.39. The molecule has 0 aliphatic carbocycles. The highest BCUT2D eigenvalue weighted by Crippen LogP contribution is 2.38. The monoisotopic (exact) mass is 355 g/mol. The molecule has 3 rings (SSSR count). The fraction of sp³-hybridized carbons (Fsp3) is 0.250. The topological polar surface area (TPSA) is 61.1 Å². The molecule has 0 spiro atoms. The van der Waals surface area contributed by atoms with Crippen LogP contribution in [-0.4, -0.2) is 39.2 Å². The lowest BCUT2D eigenvalue weighted by Gasteiger charge is -2.18. The van der Waals surface area contributed by atoms with E-state index in [9.17, 15) is 4.79 Å². The molecule has 2 aromatic carbocycles. The van der Waals surface area contributed by atoms with E-state index in [0.29, 0.717) is 29.4 Å². The van der Waals surface area contributed by atoms with Crippen LogP contribution in [0.4, 0.5) is 0 Å². The third-order valence-electron chi connectivity index (χ3n) is 4.13. The zero-order chi connectivity index (χ0) is 18.7. The lowest BCUT2D eigenvalue weighted by molar-refractivity contribution is 0.0775. The Morgan fingerprint density at radius 2 is 1.65 bits per heavy atom. The Bertz CT molecular complexity index is 873. The van der Waals surface area contributed by atoms with Gasteiger partial charge in [0.05, 0.1) is 27.9 Å². The van der Waals surface area contributed by atoms with Gasteiger partial charge in [-0.2, -0.15) is 0 Å². The van der Waals surface area contributed by atoms with Crippen LogP contribution in [0.5, 0.6) is 17.2 Å². The van der Waals surface area contributed by atoms with E-state index in [4.69, 9.17) is 18.6 Å². The number of nitrogens with zero attached hydrogens (tertiary/aromatic N) is 1. The summed E-state index contributed by atoms with van der Waals surface area (Å²) in [6, 6.07) is 13.0. The molecule has 0 fully saturated rings. The summed E-state index contributed by atoms with van der Waals surface area (Å²) < 4.78 is 21.7. The Balaban J connectivity index is 1.85. The van der Waals surface area contributed by atoms with E-state index in [-0.39, 0.29) is 5.91 Å². The molecule has 0 saturated heterocycles. The molecule has 1 aromatic heterocycles. The van der Waals surface area contributed by atoms with Crippen molar-refractivity contribution in [2.24, 2.45) is 0 Å². The van der Waals surface area contributed by atoms with E-state index in [2.05, 4.69) is 0 Å². The average molecular weight is 355 g/mol. The van der Waals surface area contributed by atoms with E-state index in [1.807, 2.05) is 30.3 Å². The molecule has 0 atom stereocenters. The number of hydrogen-bond acceptors (Lipinski definition) is 5. The second-order valence-electron chi connectivity index (χ2n) is 5.83. The highest BCUT2D eigenvalue weighted by Gasteiger charge is 2.20. The van der Waals surface area contributed by atoms with Crippen LogP contribution in [0, 0.1) is 0 Å². The molecular weight excluding hydrogens is 334 g/mol. The summed E-state index contributed by atoms with van der Waals surface area (Å²) in [6.45, 7) is 0.351. The second-order valence-corrected chi connectivity index (χ2v) is 5.83. The van der Waals surface area contributed by atoms with Gasteiger partial charge in [0.25, 0.3) is 5.91 Å². The number of benzene rings is 2. The van der Waals surface area contributed by atoms with Gasteiger partial charge in [0, 0.05) is 18.0 Å². The molecule has 6 nitrogen and oxygen atoms in total. The standard InChI is InChI=1S/C20H21NO5/c1-21(12-15-9-13-7-5-6-8-16(13)26-15)20(22)14-10-17(23-2)19(25-4)18(11-14)24-3/h5-11H,12H2,1-4H3. The summed E-state index contributed by atoms with van der Waals surface area (Å²) >= 11 is 0. The Morgan fingerprint density at radius 1 is 1.00 bits per heavy atom. The van der Waals surface area contributed by atoms with Gasteiger partial charge in [0.2, 0.25) is 5.75 Å². The molecule has 0 bridgehead atoms. The van der Waals surface area contributed by atoms with E-state index in [0.717, 1.165) is 16.7 Å². The fourth-order valence-corrected chi connectivity index (χ4v) is 2.85. The van der Waals surface area contributed by atoms with Gasteiger partial charge in [0.1, 0.15) is 11.3 Å². The summed E-state index contributed by atoms with van der Waals surface area (Å²) in [5.41, 5.74) is 1.24. The minimum atomic E-state index is -0.176. The van der Waals surface area contributed by atoms with Crippen LogP contribution < -0.4 is 14.2 Å². The van der Waals surface area contributed by atoms with E-state index < -0.39 is 0 Å². The van der Waals surface area contributed by atoms with Crippen molar-refractivity contribution in [2.45, 2.75) is 6.54 Å². The molecule has 0 radical (unpaired) electrons. The van der Waals surface area contributed by atoms with Crippen LogP contribution in [0.15, 0.2) is 46.9 Å². The first kappa shape index (κ1) is 17.7. The molecule has 0 N–H and O–H groups in total. The van der Waals surface area contributed by atoms with Crippen LogP contribution in [0.1, 0.15) is 16.1 Å². The van der Waals surface area contributed by atoms with Crippen molar-refractivity contribution in [3.05, 3.63) is 53.8 Å². The Morgan fingerprint density at radius 3 is 2.23 bits per heavy atom. The number of fused-ring (bicyclic) bond motifs is 1. The number of para-hydroxylation sites is 1. The largest absolute Gasteiger partial charge is 0.493 e. The molecule has 3 aromatic rings. The third kappa shape index (κ3) is 3.31. The Hall–Kier alpha value is -3.15. The van der Waals surface area contributed by atoms with E-state index in [1.54, 1.807) is 24.1 Å². The molecule has 136 valence electrons. The first-order valence-corrected chi connectivity index (χ1v) is 8.10. The Kier molecular flexibility index (Phi) is 5.02. The maximum Gasteiger partial charge on any atom is 0.254 e. The van der Waals surface area contributed by atoms with Crippen molar-refractivity contribution in [3.8, 4) is 17.2 Å². The van der Waals surface area contributed by atoms with Crippen LogP contribution in [-0.2, 0) is 6.54 Å². The summed E-state index contributed by atoms with van der Waals surface area (Å²) in [5, 5.41) is 1.01. The van der Waals surface area contributed by atoms with Crippen molar-refractivity contribution >= 4 is 16.9 Å². The van der Waals surface area contributed by atoms with Gasteiger partial charge >= 0.3 is 0 Å². The minimum Gasteiger partial charge on any atom is -0.493 e. The zero-order valence-corrected chi connectivity index (χ0v) is 15.2. The Labute approximate surface area is 151 Å². The minimum absolute atomic E-state index is 0.176. The van der Waals surface area contributed by atoms with Crippen molar-refractivity contribution in [2.75, 3.05) is 28.4 Å². The van der Waals surface area contributed by atoms with Gasteiger partial charge in [-0.15, -0.1) is 0 Å². The number of methoxy groups -OCH3 is 3. The molecule has 0 saturated carbocycles. The highest BCUT2D eigenvalue weighted by molar-refractivity contribution is 5.95. The van der Waals surface area contributed by atoms with Gasteiger partial charge in [-0.3, -0.25) is 4.79 Å². The molecule has 1 amide bonds. The summed E-state index contributed by atoms with van der Waals surface area (Å²) in [5.74, 6) is 1.87. The zero-order valence-electron chi connectivity index (χ0n) is 15.2. The number of ether oxygens (including phenoxy) is 3. The van der Waals surface area contributed by atoms with Gasteiger partial charge in [0.15, 0.2) is 11.5 Å². The smallest absolute Gasteiger partial charge is 0.254 e. The van der Waals surface area contributed by atoms with E-state index in [1.165, 1.54) is 21.3 Å². The SMILES string of the molecule is COc1cc(C(=O)N(C)Cc2cc3ccccc3o2)cc(OC)c1OC. The van der Waals surface area contributed by atoms with Crippen LogP contribution in [0.25, 0.3) is 11.0 Å². The maximum atomic E-state index is 12.8. The fourth-order valence-electron chi connectivity index (χ4n) is 2.85. The van der Waals surface area contributed by atoms with Crippen molar-refractivity contribution < 1.29 is 23.4 Å². The van der Waals surface area contributed by atoms with E-state index >= 15 is 0 Å². The molecule has 1 heterocycles. The van der Waals surface area contributed by atoms with Crippen LogP contribution >= 0.6 is 0 Å². The maximum absolute atomic E-state index is 12.8. The first-order valence-electron chi connectivity index (χ1n) is 8.10. The predicted octanol–water partition coefficient (Wildman–Crippen LogP) is 3.73. The van der Waals surface area contributed by atoms with Gasteiger partial charge in [-0.25, -0.2) is 0 Å². The lowest BCUT2D eigenvalue weighted by atomic mass is 10.1. The summed E-state index contributed by atoms with van der Waals surface area (Å²) in [4.78, 5) is 14.4. The summed E-state index contributed by atoms with van der Waals surface area (Å²) in [7, 11) is 6.28. The first-order chi connectivity index (χ1) is 12.6. The number of carbonyl (C=O) groups is 1. The number of amides is 1. The van der Waals surface area contributed by atoms with Gasteiger partial charge in [-0.1, -0.05) is 18.2 Å². The van der Waals surface area contributed by atoms with Gasteiger partial charge in [-0.05, 0) is 24.3 Å². The lowest BCUT2D eigenvalue weighted by Crippen LogP contribution is -2.26. The normalized spacial score (nSPS) is 10.6. The number of furan rings is 1. The van der Waals surface area contributed by atoms with Crippen molar-refractivity contribution in [3.63, 3.8) is 0 Å². The van der Waals surface area contributed by atoms with Gasteiger partial charge < -0.3 is 23.5 Å². The average Bonchev–Trinajstić information content (AvgIpc) is 3.08. The molecule has 6 heteroatoms. The number of hydrogen-bond donors (Lipinski definition) is 0. The summed E-state index contributed by atoms with van der Waals surface area (Å²) in [6.07, 6.45) is 0. The molecule has 26 heavy (non-hydrogen) atoms. The molecular formula is C20H21NO5. The van der Waals surface area contributed by atoms with Crippen molar-refractivity contribution in [1.82, 2.24) is 4.90 Å². The quantitative estimate of drug-likeness (QED) is 0.674. The van der Waals surface area contributed by atoms with Crippen LogP contribution in [0.2, 0.25) is 0 Å².